The standard InChI is InChI=1S/C16H23N3O/c1-20-13-9-10-14-15(11-13)19(16(17)18-14)12-7-5-3-2-4-6-8-12/h9-12H,2-8H2,1H3,(H2,17,18). The van der Waals surface area contributed by atoms with E-state index in [-0.39, 0.29) is 0 Å². The number of nitrogen functional groups attached to an aromatic ring is 1. The molecule has 4 heteroatoms. The first-order chi connectivity index (χ1) is 9.79. The summed E-state index contributed by atoms with van der Waals surface area (Å²) in [6.45, 7) is 0. The Balaban J connectivity index is 2.01. The first-order valence-electron chi connectivity index (χ1n) is 7.61. The average molecular weight is 273 g/mol. The highest BCUT2D eigenvalue weighted by Gasteiger charge is 2.19. The number of fused-ring (bicyclic) bond motifs is 1. The van der Waals surface area contributed by atoms with Crippen LogP contribution >= 0.6 is 0 Å². The summed E-state index contributed by atoms with van der Waals surface area (Å²) in [4.78, 5) is 4.50. The van der Waals surface area contributed by atoms with Gasteiger partial charge in [0.25, 0.3) is 0 Å². The molecule has 0 spiro atoms. The minimum absolute atomic E-state index is 0.479. The number of hydrogen-bond acceptors (Lipinski definition) is 3. The summed E-state index contributed by atoms with van der Waals surface area (Å²) in [5, 5.41) is 0. The highest BCUT2D eigenvalue weighted by atomic mass is 16.5. The average Bonchev–Trinajstić information content (AvgIpc) is 2.74. The predicted octanol–water partition coefficient (Wildman–Crippen LogP) is 3.91. The molecule has 0 aliphatic heterocycles. The number of aromatic nitrogens is 2. The Morgan fingerprint density at radius 1 is 1.15 bits per heavy atom. The Morgan fingerprint density at radius 2 is 1.85 bits per heavy atom. The van der Waals surface area contributed by atoms with Gasteiger partial charge >= 0.3 is 0 Å². The monoisotopic (exact) mass is 273 g/mol. The van der Waals surface area contributed by atoms with E-state index in [1.54, 1.807) is 7.11 Å². The number of anilines is 1. The van der Waals surface area contributed by atoms with E-state index in [0.717, 1.165) is 16.8 Å². The minimum atomic E-state index is 0.479. The first kappa shape index (κ1) is 13.3. The molecule has 108 valence electrons. The van der Waals surface area contributed by atoms with Crippen LogP contribution in [0.1, 0.15) is 51.0 Å². The smallest absolute Gasteiger partial charge is 0.201 e. The predicted molar refractivity (Wildman–Crippen MR) is 82.1 cm³/mol. The van der Waals surface area contributed by atoms with Crippen molar-refractivity contribution in [3.63, 3.8) is 0 Å². The van der Waals surface area contributed by atoms with Crippen LogP contribution in [0.4, 0.5) is 5.95 Å². The van der Waals surface area contributed by atoms with E-state index in [1.807, 2.05) is 12.1 Å². The van der Waals surface area contributed by atoms with Gasteiger partial charge in [-0.05, 0) is 25.0 Å². The van der Waals surface area contributed by atoms with Gasteiger partial charge in [0.1, 0.15) is 5.75 Å². The Labute approximate surface area is 119 Å². The fraction of sp³-hybridized carbons (Fsp3) is 0.562. The number of methoxy groups -OCH3 is 1. The van der Waals surface area contributed by atoms with Gasteiger partial charge in [0.2, 0.25) is 5.95 Å². The quantitative estimate of drug-likeness (QED) is 0.902. The zero-order chi connectivity index (χ0) is 13.9. The number of nitrogens with zero attached hydrogens (tertiary/aromatic N) is 2. The Hall–Kier alpha value is -1.71. The minimum Gasteiger partial charge on any atom is -0.497 e. The molecule has 4 nitrogen and oxygen atoms in total. The highest BCUT2D eigenvalue weighted by molar-refractivity contribution is 5.80. The van der Waals surface area contributed by atoms with Crippen molar-refractivity contribution in [1.29, 1.82) is 0 Å². The number of hydrogen-bond donors (Lipinski definition) is 1. The second-order valence-corrected chi connectivity index (χ2v) is 5.69. The summed E-state index contributed by atoms with van der Waals surface area (Å²) < 4.78 is 7.56. The topological polar surface area (TPSA) is 53.1 Å². The van der Waals surface area contributed by atoms with Crippen LogP contribution in [-0.4, -0.2) is 16.7 Å². The number of rotatable bonds is 2. The summed E-state index contributed by atoms with van der Waals surface area (Å²) in [6, 6.07) is 6.46. The van der Waals surface area contributed by atoms with E-state index >= 15 is 0 Å². The lowest BCUT2D eigenvalue weighted by molar-refractivity contribution is 0.381. The molecule has 1 aliphatic rings. The molecular weight excluding hydrogens is 250 g/mol. The number of imidazole rings is 1. The summed E-state index contributed by atoms with van der Waals surface area (Å²) in [7, 11) is 1.70. The zero-order valence-electron chi connectivity index (χ0n) is 12.1. The number of ether oxygens (including phenoxy) is 1. The van der Waals surface area contributed by atoms with Crippen molar-refractivity contribution in [2.24, 2.45) is 0 Å². The number of nitrogens with two attached hydrogens (primary N) is 1. The van der Waals surface area contributed by atoms with Crippen molar-refractivity contribution >= 4 is 17.0 Å². The van der Waals surface area contributed by atoms with Gasteiger partial charge in [-0.3, -0.25) is 0 Å². The summed E-state index contributed by atoms with van der Waals surface area (Å²) in [5.41, 5.74) is 8.24. The summed E-state index contributed by atoms with van der Waals surface area (Å²) >= 11 is 0. The van der Waals surface area contributed by atoms with Crippen LogP contribution in [0.3, 0.4) is 0 Å². The molecule has 20 heavy (non-hydrogen) atoms. The Bertz CT molecular complexity index is 583. The lowest BCUT2D eigenvalue weighted by atomic mass is 9.96. The lowest BCUT2D eigenvalue weighted by Crippen LogP contribution is -2.13. The molecule has 0 amide bonds. The summed E-state index contributed by atoms with van der Waals surface area (Å²) in [5.74, 6) is 1.50. The molecule has 1 aliphatic carbocycles. The molecule has 3 rings (SSSR count). The molecule has 0 unspecified atom stereocenters. The van der Waals surface area contributed by atoms with Crippen molar-refractivity contribution in [2.75, 3.05) is 12.8 Å². The van der Waals surface area contributed by atoms with Gasteiger partial charge in [0.05, 0.1) is 18.1 Å². The molecule has 1 aromatic carbocycles. The third-order valence-corrected chi connectivity index (χ3v) is 4.36. The van der Waals surface area contributed by atoms with Crippen LogP contribution in [0.25, 0.3) is 11.0 Å². The molecule has 1 heterocycles. The Kier molecular flexibility index (Phi) is 3.81. The van der Waals surface area contributed by atoms with Gasteiger partial charge in [0, 0.05) is 12.1 Å². The van der Waals surface area contributed by atoms with Crippen LogP contribution < -0.4 is 10.5 Å². The molecule has 2 aromatic rings. The maximum absolute atomic E-state index is 6.18. The van der Waals surface area contributed by atoms with Crippen LogP contribution in [0.15, 0.2) is 18.2 Å². The van der Waals surface area contributed by atoms with Crippen molar-refractivity contribution in [3.8, 4) is 5.75 Å². The second kappa shape index (κ2) is 5.73. The van der Waals surface area contributed by atoms with Gasteiger partial charge in [-0.1, -0.05) is 32.1 Å². The first-order valence-corrected chi connectivity index (χ1v) is 7.61. The molecule has 1 saturated carbocycles. The van der Waals surface area contributed by atoms with E-state index < -0.39 is 0 Å². The molecule has 1 aromatic heterocycles. The third-order valence-electron chi connectivity index (χ3n) is 4.36. The maximum Gasteiger partial charge on any atom is 0.201 e. The fourth-order valence-electron chi connectivity index (χ4n) is 3.29. The maximum atomic E-state index is 6.18. The van der Waals surface area contributed by atoms with E-state index in [4.69, 9.17) is 10.5 Å². The lowest BCUT2D eigenvalue weighted by Gasteiger charge is -2.23. The van der Waals surface area contributed by atoms with E-state index in [2.05, 4.69) is 15.6 Å². The van der Waals surface area contributed by atoms with Crippen LogP contribution in [-0.2, 0) is 0 Å². The molecule has 2 N–H and O–H groups in total. The molecule has 0 radical (unpaired) electrons. The van der Waals surface area contributed by atoms with Crippen molar-refractivity contribution in [1.82, 2.24) is 9.55 Å². The Morgan fingerprint density at radius 3 is 2.55 bits per heavy atom. The third kappa shape index (κ3) is 2.47. The van der Waals surface area contributed by atoms with Crippen molar-refractivity contribution in [3.05, 3.63) is 18.2 Å². The zero-order valence-corrected chi connectivity index (χ0v) is 12.1. The molecule has 1 fully saturated rings. The SMILES string of the molecule is COc1ccc2nc(N)n(C3CCCCCCC3)c2c1. The van der Waals surface area contributed by atoms with E-state index in [1.165, 1.54) is 44.9 Å². The van der Waals surface area contributed by atoms with E-state index in [9.17, 15) is 0 Å². The molecule has 0 saturated heterocycles. The van der Waals surface area contributed by atoms with Gasteiger partial charge in [-0.15, -0.1) is 0 Å². The molecular formula is C16H23N3O. The highest BCUT2D eigenvalue weighted by Crippen LogP contribution is 2.33. The van der Waals surface area contributed by atoms with Gasteiger partial charge in [0.15, 0.2) is 0 Å². The van der Waals surface area contributed by atoms with Crippen molar-refractivity contribution < 1.29 is 4.74 Å². The van der Waals surface area contributed by atoms with Gasteiger partial charge in [-0.2, -0.15) is 0 Å². The summed E-state index contributed by atoms with van der Waals surface area (Å²) in [6.07, 6.45) is 9.03. The largest absolute Gasteiger partial charge is 0.497 e. The fourth-order valence-corrected chi connectivity index (χ4v) is 3.29. The van der Waals surface area contributed by atoms with Gasteiger partial charge in [-0.25, -0.2) is 4.98 Å². The van der Waals surface area contributed by atoms with Crippen molar-refractivity contribution in [2.45, 2.75) is 51.0 Å². The number of benzene rings is 1. The second-order valence-electron chi connectivity index (χ2n) is 5.69. The molecule has 0 atom stereocenters. The van der Waals surface area contributed by atoms with E-state index in [0.29, 0.717) is 12.0 Å². The van der Waals surface area contributed by atoms with Crippen LogP contribution in [0.5, 0.6) is 5.75 Å². The van der Waals surface area contributed by atoms with Crippen LogP contribution in [0.2, 0.25) is 0 Å². The van der Waals surface area contributed by atoms with Gasteiger partial charge < -0.3 is 15.0 Å². The normalized spacial score (nSPS) is 17.9. The van der Waals surface area contributed by atoms with Crippen LogP contribution in [0, 0.1) is 0 Å². The molecule has 0 bridgehead atoms.